The molecule has 0 saturated heterocycles. The molecule has 2 amide bonds. The van der Waals surface area contributed by atoms with E-state index in [2.05, 4.69) is 16.4 Å². The van der Waals surface area contributed by atoms with Gasteiger partial charge in [-0.25, -0.2) is 9.18 Å². The van der Waals surface area contributed by atoms with Gasteiger partial charge in [-0.3, -0.25) is 0 Å². The molecule has 0 spiro atoms. The SMILES string of the molecule is O=C(NC1CC1)N1CC=C(c2c[nH]c3ccc(F)cc23)CC1. The van der Waals surface area contributed by atoms with E-state index in [1.54, 1.807) is 12.1 Å². The van der Waals surface area contributed by atoms with E-state index in [9.17, 15) is 9.18 Å². The number of fused-ring (bicyclic) bond motifs is 1. The molecule has 114 valence electrons. The van der Waals surface area contributed by atoms with Crippen molar-refractivity contribution < 1.29 is 9.18 Å². The second kappa shape index (κ2) is 5.16. The van der Waals surface area contributed by atoms with Gasteiger partial charge < -0.3 is 15.2 Å². The summed E-state index contributed by atoms with van der Waals surface area (Å²) in [5, 5.41) is 3.92. The molecule has 2 aliphatic rings. The van der Waals surface area contributed by atoms with Gasteiger partial charge in [-0.15, -0.1) is 0 Å². The Labute approximate surface area is 128 Å². The summed E-state index contributed by atoms with van der Waals surface area (Å²) in [5.41, 5.74) is 3.15. The van der Waals surface area contributed by atoms with Crippen LogP contribution in [0.4, 0.5) is 9.18 Å². The second-order valence-electron chi connectivity index (χ2n) is 6.04. The normalized spacial score (nSPS) is 18.4. The van der Waals surface area contributed by atoms with Crippen molar-refractivity contribution in [1.82, 2.24) is 15.2 Å². The van der Waals surface area contributed by atoms with Gasteiger partial charge in [0.1, 0.15) is 5.82 Å². The highest BCUT2D eigenvalue weighted by molar-refractivity contribution is 5.93. The van der Waals surface area contributed by atoms with Crippen LogP contribution in [0.3, 0.4) is 0 Å². The fourth-order valence-corrected chi connectivity index (χ4v) is 2.95. The first kappa shape index (κ1) is 13.4. The monoisotopic (exact) mass is 299 g/mol. The summed E-state index contributed by atoms with van der Waals surface area (Å²) in [4.78, 5) is 17.0. The fourth-order valence-electron chi connectivity index (χ4n) is 2.95. The van der Waals surface area contributed by atoms with Gasteiger partial charge in [-0.1, -0.05) is 6.08 Å². The molecule has 2 N–H and O–H groups in total. The Bertz CT molecular complexity index is 760. The first-order valence-electron chi connectivity index (χ1n) is 7.72. The van der Waals surface area contributed by atoms with Crippen LogP contribution in [0.2, 0.25) is 0 Å². The zero-order chi connectivity index (χ0) is 15.1. The maximum Gasteiger partial charge on any atom is 0.317 e. The summed E-state index contributed by atoms with van der Waals surface area (Å²) < 4.78 is 13.5. The Morgan fingerprint density at radius 3 is 2.95 bits per heavy atom. The average molecular weight is 299 g/mol. The Balaban J connectivity index is 1.54. The van der Waals surface area contributed by atoms with Crippen LogP contribution in [0.15, 0.2) is 30.5 Å². The minimum Gasteiger partial charge on any atom is -0.361 e. The summed E-state index contributed by atoms with van der Waals surface area (Å²) in [5.74, 6) is -0.227. The van der Waals surface area contributed by atoms with E-state index in [0.29, 0.717) is 19.1 Å². The number of carbonyl (C=O) groups is 1. The van der Waals surface area contributed by atoms with E-state index < -0.39 is 0 Å². The molecule has 4 nitrogen and oxygen atoms in total. The van der Waals surface area contributed by atoms with Crippen molar-refractivity contribution in [2.24, 2.45) is 0 Å². The highest BCUT2D eigenvalue weighted by Crippen LogP contribution is 2.30. The van der Waals surface area contributed by atoms with Gasteiger partial charge in [-0.05, 0) is 43.0 Å². The van der Waals surface area contributed by atoms with Gasteiger partial charge in [0, 0.05) is 41.8 Å². The molecule has 2 heterocycles. The van der Waals surface area contributed by atoms with E-state index in [1.807, 2.05) is 11.1 Å². The number of nitrogens with zero attached hydrogens (tertiary/aromatic N) is 1. The van der Waals surface area contributed by atoms with Gasteiger partial charge in [0.25, 0.3) is 0 Å². The molecule has 1 aromatic heterocycles. The standard InChI is InChI=1S/C17H18FN3O/c18-12-1-4-16-14(9-12)15(10-19-16)11-5-7-21(8-6-11)17(22)20-13-2-3-13/h1,4-5,9-10,13,19H,2-3,6-8H2,(H,20,22). The van der Waals surface area contributed by atoms with Gasteiger partial charge in [-0.2, -0.15) is 0 Å². The van der Waals surface area contributed by atoms with E-state index in [0.717, 1.165) is 35.7 Å². The van der Waals surface area contributed by atoms with Crippen LogP contribution in [-0.4, -0.2) is 35.0 Å². The molecular weight excluding hydrogens is 281 g/mol. The van der Waals surface area contributed by atoms with Crippen molar-refractivity contribution in [3.8, 4) is 0 Å². The number of H-pyrrole nitrogens is 1. The molecule has 5 heteroatoms. The zero-order valence-electron chi connectivity index (χ0n) is 12.2. The third-order valence-electron chi connectivity index (χ3n) is 4.39. The topological polar surface area (TPSA) is 48.1 Å². The minimum atomic E-state index is -0.227. The first-order chi connectivity index (χ1) is 10.7. The van der Waals surface area contributed by atoms with Crippen LogP contribution in [0, 0.1) is 5.82 Å². The number of hydrogen-bond acceptors (Lipinski definition) is 1. The molecule has 0 atom stereocenters. The number of rotatable bonds is 2. The van der Waals surface area contributed by atoms with Crippen LogP contribution in [0.25, 0.3) is 16.5 Å². The number of benzene rings is 1. The molecule has 1 aliphatic heterocycles. The largest absolute Gasteiger partial charge is 0.361 e. The number of carbonyl (C=O) groups excluding carboxylic acids is 1. The highest BCUT2D eigenvalue weighted by atomic mass is 19.1. The Kier molecular flexibility index (Phi) is 3.13. The van der Waals surface area contributed by atoms with Crippen molar-refractivity contribution in [1.29, 1.82) is 0 Å². The first-order valence-corrected chi connectivity index (χ1v) is 7.72. The molecular formula is C17H18FN3O. The third kappa shape index (κ3) is 2.47. The third-order valence-corrected chi connectivity index (χ3v) is 4.39. The van der Waals surface area contributed by atoms with Crippen molar-refractivity contribution in [3.63, 3.8) is 0 Å². The van der Waals surface area contributed by atoms with Crippen LogP contribution in [0.5, 0.6) is 0 Å². The lowest BCUT2D eigenvalue weighted by Crippen LogP contribution is -2.42. The molecule has 0 radical (unpaired) electrons. The van der Waals surface area contributed by atoms with Gasteiger partial charge in [0.15, 0.2) is 0 Å². The predicted molar refractivity (Wildman–Crippen MR) is 84.0 cm³/mol. The van der Waals surface area contributed by atoms with Crippen molar-refractivity contribution in [2.75, 3.05) is 13.1 Å². The van der Waals surface area contributed by atoms with Crippen LogP contribution < -0.4 is 5.32 Å². The van der Waals surface area contributed by atoms with Crippen LogP contribution in [-0.2, 0) is 0 Å². The van der Waals surface area contributed by atoms with E-state index in [-0.39, 0.29) is 11.8 Å². The maximum atomic E-state index is 13.5. The lowest BCUT2D eigenvalue weighted by atomic mass is 9.99. The predicted octanol–water partition coefficient (Wildman–Crippen LogP) is 3.27. The fraction of sp³-hybridized carbons (Fsp3) is 0.353. The van der Waals surface area contributed by atoms with Crippen molar-refractivity contribution >= 4 is 22.5 Å². The Morgan fingerprint density at radius 1 is 1.36 bits per heavy atom. The summed E-state index contributed by atoms with van der Waals surface area (Å²) >= 11 is 0. The molecule has 1 aliphatic carbocycles. The molecule has 2 aromatic rings. The lowest BCUT2D eigenvalue weighted by Gasteiger charge is -2.26. The average Bonchev–Trinajstić information content (AvgIpc) is 3.24. The minimum absolute atomic E-state index is 0.0303. The molecule has 4 rings (SSSR count). The number of aromatic amines is 1. The molecule has 0 bridgehead atoms. The zero-order valence-corrected chi connectivity index (χ0v) is 12.2. The number of hydrogen-bond donors (Lipinski definition) is 2. The van der Waals surface area contributed by atoms with E-state index in [4.69, 9.17) is 0 Å². The molecule has 1 aromatic carbocycles. The van der Waals surface area contributed by atoms with Crippen LogP contribution >= 0.6 is 0 Å². The number of amides is 2. The van der Waals surface area contributed by atoms with Crippen molar-refractivity contribution in [2.45, 2.75) is 25.3 Å². The molecule has 1 fully saturated rings. The summed E-state index contributed by atoms with van der Waals surface area (Å²) in [6.45, 7) is 1.31. The Hall–Kier alpha value is -2.30. The van der Waals surface area contributed by atoms with Crippen molar-refractivity contribution in [3.05, 3.63) is 41.9 Å². The number of aromatic nitrogens is 1. The smallest absolute Gasteiger partial charge is 0.317 e. The molecule has 0 unspecified atom stereocenters. The second-order valence-corrected chi connectivity index (χ2v) is 6.04. The lowest BCUT2D eigenvalue weighted by molar-refractivity contribution is 0.202. The summed E-state index contributed by atoms with van der Waals surface area (Å²) in [7, 11) is 0. The number of nitrogens with one attached hydrogen (secondary N) is 2. The maximum absolute atomic E-state index is 13.5. The van der Waals surface area contributed by atoms with E-state index in [1.165, 1.54) is 11.6 Å². The van der Waals surface area contributed by atoms with Gasteiger partial charge in [0.2, 0.25) is 0 Å². The summed E-state index contributed by atoms with van der Waals surface area (Å²) in [6, 6.07) is 5.19. The van der Waals surface area contributed by atoms with Gasteiger partial charge in [0.05, 0.1) is 0 Å². The highest BCUT2D eigenvalue weighted by Gasteiger charge is 2.26. The van der Waals surface area contributed by atoms with Crippen LogP contribution in [0.1, 0.15) is 24.8 Å². The quantitative estimate of drug-likeness (QED) is 0.878. The van der Waals surface area contributed by atoms with E-state index >= 15 is 0 Å². The van der Waals surface area contributed by atoms with Gasteiger partial charge >= 0.3 is 6.03 Å². The summed E-state index contributed by atoms with van der Waals surface area (Å²) in [6.07, 6.45) is 6.99. The number of urea groups is 1. The Morgan fingerprint density at radius 2 is 2.23 bits per heavy atom. The number of halogens is 1. The molecule has 1 saturated carbocycles. The molecule has 22 heavy (non-hydrogen) atoms.